The quantitative estimate of drug-likeness (QED) is 0.733. The van der Waals surface area contributed by atoms with E-state index in [2.05, 4.69) is 20.3 Å². The van der Waals surface area contributed by atoms with Gasteiger partial charge in [-0.25, -0.2) is 4.98 Å². The second-order valence-corrected chi connectivity index (χ2v) is 7.11. The summed E-state index contributed by atoms with van der Waals surface area (Å²) in [5.74, 6) is -0.141. The highest BCUT2D eigenvalue weighted by Crippen LogP contribution is 2.26. The molecule has 0 spiro atoms. The van der Waals surface area contributed by atoms with E-state index in [4.69, 9.17) is 0 Å². The standard InChI is InChI=1S/C17H12N4OS2/c22-16-15(24-17(21-16)19-10-12-3-2-8-23-12)9-11-5-6-13-14(20-11)4-1-7-18-13/h1-9H,10H2,(H,19,21,22)/b15-9+. The lowest BCUT2D eigenvalue weighted by Crippen LogP contribution is -2.19. The molecule has 0 aromatic carbocycles. The van der Waals surface area contributed by atoms with Gasteiger partial charge in [0.1, 0.15) is 0 Å². The van der Waals surface area contributed by atoms with E-state index in [0.29, 0.717) is 16.6 Å². The van der Waals surface area contributed by atoms with E-state index in [1.165, 1.54) is 16.6 Å². The highest BCUT2D eigenvalue weighted by atomic mass is 32.2. The first-order valence-electron chi connectivity index (χ1n) is 7.27. The number of nitrogens with zero attached hydrogens (tertiary/aromatic N) is 3. The van der Waals surface area contributed by atoms with Gasteiger partial charge in [-0.05, 0) is 53.5 Å². The van der Waals surface area contributed by atoms with E-state index in [-0.39, 0.29) is 5.91 Å². The second-order valence-electron chi connectivity index (χ2n) is 5.04. The largest absolute Gasteiger partial charge is 0.301 e. The topological polar surface area (TPSA) is 67.2 Å². The van der Waals surface area contributed by atoms with Gasteiger partial charge < -0.3 is 5.32 Å². The van der Waals surface area contributed by atoms with Crippen molar-refractivity contribution in [3.63, 3.8) is 0 Å². The van der Waals surface area contributed by atoms with Crippen molar-refractivity contribution in [3.8, 4) is 0 Å². The van der Waals surface area contributed by atoms with Gasteiger partial charge in [0, 0.05) is 11.1 Å². The summed E-state index contributed by atoms with van der Waals surface area (Å²) in [6, 6.07) is 11.5. The molecule has 1 fully saturated rings. The summed E-state index contributed by atoms with van der Waals surface area (Å²) < 4.78 is 0. The number of thioether (sulfide) groups is 1. The van der Waals surface area contributed by atoms with Crippen LogP contribution in [0.5, 0.6) is 0 Å². The van der Waals surface area contributed by atoms with Crippen LogP contribution in [0.3, 0.4) is 0 Å². The van der Waals surface area contributed by atoms with Crippen molar-refractivity contribution in [3.05, 3.63) is 63.5 Å². The first-order chi connectivity index (χ1) is 11.8. The summed E-state index contributed by atoms with van der Waals surface area (Å²) in [4.78, 5) is 27.1. The number of carbonyl (C=O) groups excluding carboxylic acids is 1. The number of thiophene rings is 1. The number of hydrogen-bond donors (Lipinski definition) is 1. The number of pyridine rings is 2. The molecule has 118 valence electrons. The molecule has 3 aromatic rings. The van der Waals surface area contributed by atoms with Crippen LogP contribution in [0.25, 0.3) is 17.1 Å². The van der Waals surface area contributed by atoms with Crippen molar-refractivity contribution in [1.29, 1.82) is 0 Å². The summed E-state index contributed by atoms with van der Waals surface area (Å²) in [5.41, 5.74) is 2.37. The van der Waals surface area contributed by atoms with Gasteiger partial charge in [-0.3, -0.25) is 14.8 Å². The third-order valence-electron chi connectivity index (χ3n) is 3.37. The molecule has 0 atom stereocenters. The molecule has 3 aromatic heterocycles. The van der Waals surface area contributed by atoms with Crippen molar-refractivity contribution in [1.82, 2.24) is 15.3 Å². The molecular weight excluding hydrogens is 340 g/mol. The van der Waals surface area contributed by atoms with Gasteiger partial charge in [0.25, 0.3) is 5.91 Å². The minimum atomic E-state index is -0.141. The normalized spacial score (nSPS) is 17.8. The number of amides is 1. The lowest BCUT2D eigenvalue weighted by atomic mass is 10.2. The van der Waals surface area contributed by atoms with Gasteiger partial charge in [-0.15, -0.1) is 11.3 Å². The Balaban J connectivity index is 1.55. The second kappa shape index (κ2) is 6.54. The van der Waals surface area contributed by atoms with Crippen molar-refractivity contribution < 1.29 is 4.79 Å². The predicted octanol–water partition coefficient (Wildman–Crippen LogP) is 3.45. The summed E-state index contributed by atoms with van der Waals surface area (Å²) >= 11 is 2.99. The summed E-state index contributed by atoms with van der Waals surface area (Å²) in [6.45, 7) is 0.577. The first-order valence-corrected chi connectivity index (χ1v) is 8.97. The van der Waals surface area contributed by atoms with Crippen LogP contribution in [0.2, 0.25) is 0 Å². The molecule has 0 bridgehead atoms. The van der Waals surface area contributed by atoms with Crippen LogP contribution >= 0.6 is 23.1 Å². The van der Waals surface area contributed by atoms with Gasteiger partial charge in [-0.1, -0.05) is 6.07 Å². The van der Waals surface area contributed by atoms with Crippen molar-refractivity contribution in [2.24, 2.45) is 4.99 Å². The highest BCUT2D eigenvalue weighted by molar-refractivity contribution is 8.18. The number of fused-ring (bicyclic) bond motifs is 1. The first kappa shape index (κ1) is 15.0. The lowest BCUT2D eigenvalue weighted by Gasteiger charge is -1.98. The third-order valence-corrected chi connectivity index (χ3v) is 5.18. The zero-order valence-electron chi connectivity index (χ0n) is 12.5. The Hall–Kier alpha value is -2.51. The molecule has 1 amide bonds. The fourth-order valence-corrected chi connectivity index (χ4v) is 3.67. The van der Waals surface area contributed by atoms with Crippen LogP contribution < -0.4 is 5.32 Å². The average Bonchev–Trinajstić information content (AvgIpc) is 3.23. The number of carbonyl (C=O) groups is 1. The molecular formula is C17H12N4OS2. The molecule has 7 heteroatoms. The van der Waals surface area contributed by atoms with E-state index >= 15 is 0 Å². The fraction of sp³-hybridized carbons (Fsp3) is 0.0588. The Labute approximate surface area is 146 Å². The minimum Gasteiger partial charge on any atom is -0.301 e. The van der Waals surface area contributed by atoms with E-state index in [0.717, 1.165) is 16.7 Å². The highest BCUT2D eigenvalue weighted by Gasteiger charge is 2.23. The molecule has 0 aliphatic carbocycles. The Morgan fingerprint density at radius 1 is 1.17 bits per heavy atom. The summed E-state index contributed by atoms with van der Waals surface area (Å²) in [7, 11) is 0. The smallest absolute Gasteiger partial charge is 0.264 e. The number of aliphatic imine (C=N–C) groups is 1. The van der Waals surface area contributed by atoms with Crippen LogP contribution in [0.15, 0.2) is 57.9 Å². The third kappa shape index (κ3) is 3.22. The Morgan fingerprint density at radius 3 is 3.00 bits per heavy atom. The monoisotopic (exact) mass is 352 g/mol. The molecule has 4 rings (SSSR count). The molecule has 1 aliphatic heterocycles. The Bertz CT molecular complexity index is 964. The van der Waals surface area contributed by atoms with Gasteiger partial charge >= 0.3 is 0 Å². The molecule has 1 N–H and O–H groups in total. The zero-order valence-corrected chi connectivity index (χ0v) is 14.1. The SMILES string of the molecule is O=C1NC(=NCc2cccs2)S/C1=C/c1ccc2ncccc2n1. The maximum atomic E-state index is 12.1. The molecule has 4 heterocycles. The number of hydrogen-bond acceptors (Lipinski definition) is 6. The molecule has 24 heavy (non-hydrogen) atoms. The fourth-order valence-electron chi connectivity index (χ4n) is 2.24. The van der Waals surface area contributed by atoms with E-state index < -0.39 is 0 Å². The molecule has 5 nitrogen and oxygen atoms in total. The molecule has 0 saturated carbocycles. The summed E-state index contributed by atoms with van der Waals surface area (Å²) in [6.07, 6.45) is 3.51. The van der Waals surface area contributed by atoms with Crippen LogP contribution in [-0.2, 0) is 11.3 Å². The lowest BCUT2D eigenvalue weighted by molar-refractivity contribution is -0.115. The Kier molecular flexibility index (Phi) is 4.10. The van der Waals surface area contributed by atoms with Crippen LogP contribution in [-0.4, -0.2) is 21.0 Å². The number of amidine groups is 1. The maximum absolute atomic E-state index is 12.1. The number of nitrogens with one attached hydrogen (secondary N) is 1. The van der Waals surface area contributed by atoms with E-state index in [1.54, 1.807) is 23.6 Å². The van der Waals surface area contributed by atoms with Gasteiger partial charge in [-0.2, -0.15) is 0 Å². The van der Waals surface area contributed by atoms with E-state index in [9.17, 15) is 4.79 Å². The van der Waals surface area contributed by atoms with E-state index in [1.807, 2.05) is 41.8 Å². The van der Waals surface area contributed by atoms with Crippen LogP contribution in [0.1, 0.15) is 10.6 Å². The van der Waals surface area contributed by atoms with Gasteiger partial charge in [0.15, 0.2) is 5.17 Å². The van der Waals surface area contributed by atoms with Crippen LogP contribution in [0.4, 0.5) is 0 Å². The minimum absolute atomic E-state index is 0.141. The summed E-state index contributed by atoms with van der Waals surface area (Å²) in [5, 5.41) is 5.44. The predicted molar refractivity (Wildman–Crippen MR) is 98.7 cm³/mol. The van der Waals surface area contributed by atoms with Crippen molar-refractivity contribution in [2.75, 3.05) is 0 Å². The van der Waals surface area contributed by atoms with Crippen molar-refractivity contribution in [2.45, 2.75) is 6.54 Å². The van der Waals surface area contributed by atoms with Crippen LogP contribution in [0, 0.1) is 0 Å². The molecule has 1 aliphatic rings. The maximum Gasteiger partial charge on any atom is 0.264 e. The van der Waals surface area contributed by atoms with Crippen molar-refractivity contribution >= 4 is 51.3 Å². The van der Waals surface area contributed by atoms with Gasteiger partial charge in [0.2, 0.25) is 0 Å². The molecule has 0 unspecified atom stereocenters. The molecule has 1 saturated heterocycles. The zero-order chi connectivity index (χ0) is 16.4. The Morgan fingerprint density at radius 2 is 2.12 bits per heavy atom. The molecule has 0 radical (unpaired) electrons. The average molecular weight is 352 g/mol. The number of rotatable bonds is 3. The van der Waals surface area contributed by atoms with Gasteiger partial charge in [0.05, 0.1) is 28.2 Å². The number of aromatic nitrogens is 2.